The average molecular weight is 240 g/mol. The van der Waals surface area contributed by atoms with Crippen molar-refractivity contribution in [1.82, 2.24) is 9.80 Å². The van der Waals surface area contributed by atoms with Gasteiger partial charge < -0.3 is 14.9 Å². The fourth-order valence-electron chi connectivity index (χ4n) is 3.33. The van der Waals surface area contributed by atoms with Crippen molar-refractivity contribution < 1.29 is 5.11 Å². The van der Waals surface area contributed by atoms with Gasteiger partial charge in [0, 0.05) is 44.7 Å². The molecule has 3 heteroatoms. The lowest BCUT2D eigenvalue weighted by Gasteiger charge is -2.40. The van der Waals surface area contributed by atoms with Crippen LogP contribution in [0.5, 0.6) is 0 Å². The molecule has 0 bridgehead atoms. The molecule has 1 saturated heterocycles. The third-order valence-electron chi connectivity index (χ3n) is 4.65. The molecule has 0 radical (unpaired) electrons. The summed E-state index contributed by atoms with van der Waals surface area (Å²) in [6, 6.07) is 0. The first kappa shape index (κ1) is 13.3. The number of hydrogen-bond donors (Lipinski definition) is 1. The Hall–Kier alpha value is -0.120. The minimum atomic E-state index is 0.215. The van der Waals surface area contributed by atoms with Gasteiger partial charge in [0.25, 0.3) is 0 Å². The van der Waals surface area contributed by atoms with Crippen molar-refractivity contribution >= 4 is 0 Å². The summed E-state index contributed by atoms with van der Waals surface area (Å²) in [5.41, 5.74) is 0.215. The molecule has 0 spiro atoms. The Balaban J connectivity index is 1.89. The van der Waals surface area contributed by atoms with Crippen LogP contribution in [0.3, 0.4) is 0 Å². The molecular weight excluding hydrogens is 212 g/mol. The molecule has 0 unspecified atom stereocenters. The van der Waals surface area contributed by atoms with Crippen LogP contribution >= 0.6 is 0 Å². The molecule has 1 heterocycles. The maximum absolute atomic E-state index is 9.81. The van der Waals surface area contributed by atoms with E-state index in [2.05, 4.69) is 16.8 Å². The van der Waals surface area contributed by atoms with Crippen LogP contribution in [-0.2, 0) is 0 Å². The number of likely N-dealkylation sites (N-methyl/N-ethyl adjacent to an activating group) is 1. The molecule has 0 aromatic heterocycles. The Bertz CT molecular complexity index is 216. The van der Waals surface area contributed by atoms with Gasteiger partial charge in [-0.15, -0.1) is 0 Å². The van der Waals surface area contributed by atoms with Crippen LogP contribution in [0.2, 0.25) is 0 Å². The summed E-state index contributed by atoms with van der Waals surface area (Å²) in [7, 11) is 2.20. The maximum Gasteiger partial charge on any atom is 0.0499 e. The molecule has 2 rings (SSSR count). The summed E-state index contributed by atoms with van der Waals surface area (Å²) >= 11 is 0. The van der Waals surface area contributed by atoms with Crippen LogP contribution in [0.1, 0.15) is 38.5 Å². The number of aliphatic hydroxyl groups is 1. The number of rotatable bonds is 3. The highest BCUT2D eigenvalue weighted by molar-refractivity contribution is 4.85. The molecule has 0 aromatic rings. The van der Waals surface area contributed by atoms with E-state index in [9.17, 15) is 5.11 Å². The standard InChI is InChI=1S/C14H28N2O/c1-15-8-10-16(11-9-15)12-14(13-17)6-4-2-3-5-7-14/h17H,2-13H2,1H3. The Labute approximate surface area is 106 Å². The molecule has 1 aliphatic heterocycles. The van der Waals surface area contributed by atoms with Crippen molar-refractivity contribution in [3.05, 3.63) is 0 Å². The first-order chi connectivity index (χ1) is 8.24. The summed E-state index contributed by atoms with van der Waals surface area (Å²) < 4.78 is 0. The minimum Gasteiger partial charge on any atom is -0.396 e. The average Bonchev–Trinajstić information content (AvgIpc) is 2.58. The zero-order valence-corrected chi connectivity index (χ0v) is 11.3. The largest absolute Gasteiger partial charge is 0.396 e. The Kier molecular flexibility index (Phi) is 4.83. The van der Waals surface area contributed by atoms with Crippen LogP contribution in [0, 0.1) is 5.41 Å². The van der Waals surface area contributed by atoms with Crippen molar-refractivity contribution in [3.63, 3.8) is 0 Å². The van der Waals surface area contributed by atoms with E-state index in [4.69, 9.17) is 0 Å². The molecule has 1 aliphatic carbocycles. The Morgan fingerprint density at radius 2 is 1.53 bits per heavy atom. The maximum atomic E-state index is 9.81. The van der Waals surface area contributed by atoms with Gasteiger partial charge in [0.1, 0.15) is 0 Å². The van der Waals surface area contributed by atoms with Gasteiger partial charge in [-0.05, 0) is 19.9 Å². The van der Waals surface area contributed by atoms with E-state index in [1.54, 1.807) is 0 Å². The van der Waals surface area contributed by atoms with E-state index in [1.807, 2.05) is 0 Å². The van der Waals surface area contributed by atoms with E-state index in [1.165, 1.54) is 64.7 Å². The molecule has 1 saturated carbocycles. The van der Waals surface area contributed by atoms with Crippen LogP contribution in [0.25, 0.3) is 0 Å². The van der Waals surface area contributed by atoms with Gasteiger partial charge in [-0.25, -0.2) is 0 Å². The predicted molar refractivity (Wildman–Crippen MR) is 71.2 cm³/mol. The fourth-order valence-corrected chi connectivity index (χ4v) is 3.33. The summed E-state index contributed by atoms with van der Waals surface area (Å²) in [6.45, 7) is 6.23. The first-order valence-electron chi connectivity index (χ1n) is 7.26. The normalized spacial score (nSPS) is 27.9. The Morgan fingerprint density at radius 1 is 0.941 bits per heavy atom. The van der Waals surface area contributed by atoms with Crippen molar-refractivity contribution in [2.24, 2.45) is 5.41 Å². The molecule has 100 valence electrons. The van der Waals surface area contributed by atoms with Crippen molar-refractivity contribution in [2.75, 3.05) is 46.4 Å². The summed E-state index contributed by atoms with van der Waals surface area (Å²) in [4.78, 5) is 4.97. The first-order valence-corrected chi connectivity index (χ1v) is 7.26. The molecule has 0 aromatic carbocycles. The van der Waals surface area contributed by atoms with Gasteiger partial charge >= 0.3 is 0 Å². The Morgan fingerprint density at radius 3 is 2.06 bits per heavy atom. The molecule has 0 atom stereocenters. The third-order valence-corrected chi connectivity index (χ3v) is 4.65. The highest BCUT2D eigenvalue weighted by atomic mass is 16.3. The van der Waals surface area contributed by atoms with Crippen molar-refractivity contribution in [1.29, 1.82) is 0 Å². The molecule has 2 fully saturated rings. The smallest absolute Gasteiger partial charge is 0.0499 e. The van der Waals surface area contributed by atoms with E-state index < -0.39 is 0 Å². The second kappa shape index (κ2) is 6.17. The summed E-state index contributed by atoms with van der Waals surface area (Å²) in [5.74, 6) is 0. The lowest BCUT2D eigenvalue weighted by Crippen LogP contribution is -2.49. The number of aliphatic hydroxyl groups excluding tert-OH is 1. The highest BCUT2D eigenvalue weighted by Crippen LogP contribution is 2.35. The van der Waals surface area contributed by atoms with Gasteiger partial charge in [0.05, 0.1) is 0 Å². The van der Waals surface area contributed by atoms with E-state index >= 15 is 0 Å². The predicted octanol–water partition coefficient (Wildman–Crippen LogP) is 1.57. The molecule has 1 N–H and O–H groups in total. The summed E-state index contributed by atoms with van der Waals surface area (Å²) in [5, 5.41) is 9.81. The van der Waals surface area contributed by atoms with E-state index in [-0.39, 0.29) is 5.41 Å². The van der Waals surface area contributed by atoms with Gasteiger partial charge in [-0.1, -0.05) is 25.7 Å². The number of nitrogens with zero attached hydrogens (tertiary/aromatic N) is 2. The van der Waals surface area contributed by atoms with Crippen LogP contribution in [0.15, 0.2) is 0 Å². The zero-order valence-electron chi connectivity index (χ0n) is 11.3. The van der Waals surface area contributed by atoms with E-state index in [0.717, 1.165) is 6.54 Å². The molecule has 3 nitrogen and oxygen atoms in total. The lowest BCUT2D eigenvalue weighted by molar-refractivity contribution is 0.0403. The van der Waals surface area contributed by atoms with Crippen molar-refractivity contribution in [3.8, 4) is 0 Å². The molecule has 0 amide bonds. The number of hydrogen-bond acceptors (Lipinski definition) is 3. The van der Waals surface area contributed by atoms with E-state index in [0.29, 0.717) is 6.61 Å². The second-order valence-electron chi connectivity index (χ2n) is 6.15. The third kappa shape index (κ3) is 3.67. The zero-order chi connectivity index (χ0) is 12.1. The summed E-state index contributed by atoms with van der Waals surface area (Å²) in [6.07, 6.45) is 7.82. The topological polar surface area (TPSA) is 26.7 Å². The molecule has 17 heavy (non-hydrogen) atoms. The molecule has 2 aliphatic rings. The monoisotopic (exact) mass is 240 g/mol. The molecular formula is C14H28N2O. The van der Waals surface area contributed by atoms with Crippen LogP contribution in [0.4, 0.5) is 0 Å². The van der Waals surface area contributed by atoms with Gasteiger partial charge in [-0.3, -0.25) is 0 Å². The van der Waals surface area contributed by atoms with Crippen molar-refractivity contribution in [2.45, 2.75) is 38.5 Å². The SMILES string of the molecule is CN1CCN(CC2(CO)CCCCCC2)CC1. The lowest BCUT2D eigenvalue weighted by atomic mass is 9.80. The van der Waals surface area contributed by atoms with Gasteiger partial charge in [0.15, 0.2) is 0 Å². The van der Waals surface area contributed by atoms with Crippen LogP contribution < -0.4 is 0 Å². The fraction of sp³-hybridized carbons (Fsp3) is 1.00. The van der Waals surface area contributed by atoms with Crippen LogP contribution in [-0.4, -0.2) is 61.3 Å². The van der Waals surface area contributed by atoms with Gasteiger partial charge in [0.2, 0.25) is 0 Å². The highest BCUT2D eigenvalue weighted by Gasteiger charge is 2.32. The quantitative estimate of drug-likeness (QED) is 0.759. The van der Waals surface area contributed by atoms with Gasteiger partial charge in [-0.2, -0.15) is 0 Å². The minimum absolute atomic E-state index is 0.215. The second-order valence-corrected chi connectivity index (χ2v) is 6.15. The number of piperazine rings is 1.